The predicted molar refractivity (Wildman–Crippen MR) is 113 cm³/mol. The number of ether oxygens (including phenoxy) is 1. The van der Waals surface area contributed by atoms with Crippen LogP contribution in [-0.4, -0.2) is 88.1 Å². The van der Waals surface area contributed by atoms with E-state index in [1.165, 1.54) is 0 Å². The van der Waals surface area contributed by atoms with E-state index in [-0.39, 0.29) is 10.9 Å². The lowest BCUT2D eigenvalue weighted by molar-refractivity contribution is 0.0359. The second-order valence-corrected chi connectivity index (χ2v) is 9.59. The number of morpholine rings is 1. The standard InChI is InChI=1S/C20H32N4O4S/c1-22(11-12-23-13-15-28-16-14-23)20(25)21-18-7-6-8-19(17-18)29(26,27)24-9-4-2-3-5-10-24/h6-8,17H,2-5,9-16H2,1H3,(H,21,25). The van der Waals surface area contributed by atoms with E-state index in [0.717, 1.165) is 58.5 Å². The molecule has 29 heavy (non-hydrogen) atoms. The molecule has 0 aromatic heterocycles. The van der Waals surface area contributed by atoms with Crippen molar-refractivity contribution in [3.8, 4) is 0 Å². The summed E-state index contributed by atoms with van der Waals surface area (Å²) in [5, 5.41) is 2.82. The van der Waals surface area contributed by atoms with Gasteiger partial charge in [-0.1, -0.05) is 18.9 Å². The number of nitrogens with one attached hydrogen (secondary N) is 1. The third-order valence-corrected chi connectivity index (χ3v) is 7.38. The minimum Gasteiger partial charge on any atom is -0.379 e. The van der Waals surface area contributed by atoms with Gasteiger partial charge in [0.25, 0.3) is 0 Å². The number of benzene rings is 1. The van der Waals surface area contributed by atoms with Crippen LogP contribution < -0.4 is 5.32 Å². The number of urea groups is 1. The maximum atomic E-state index is 13.0. The van der Waals surface area contributed by atoms with Gasteiger partial charge in [0.15, 0.2) is 0 Å². The molecule has 2 fully saturated rings. The van der Waals surface area contributed by atoms with Crippen LogP contribution in [0.25, 0.3) is 0 Å². The van der Waals surface area contributed by atoms with E-state index >= 15 is 0 Å². The van der Waals surface area contributed by atoms with Crippen molar-refractivity contribution >= 4 is 21.7 Å². The number of carbonyl (C=O) groups is 1. The number of amides is 2. The number of carbonyl (C=O) groups excluding carboxylic acids is 1. The molecule has 0 saturated carbocycles. The summed E-state index contributed by atoms with van der Waals surface area (Å²) in [6.45, 7) is 5.72. The molecule has 3 rings (SSSR count). The summed E-state index contributed by atoms with van der Waals surface area (Å²) < 4.78 is 32.9. The van der Waals surface area contributed by atoms with E-state index in [1.807, 2.05) is 0 Å². The molecule has 1 aromatic rings. The Morgan fingerprint density at radius 1 is 1.10 bits per heavy atom. The topological polar surface area (TPSA) is 82.2 Å². The van der Waals surface area contributed by atoms with E-state index in [2.05, 4.69) is 10.2 Å². The van der Waals surface area contributed by atoms with Crippen LogP contribution in [0.15, 0.2) is 29.2 Å². The first-order valence-electron chi connectivity index (χ1n) is 10.4. The Kier molecular flexibility index (Phi) is 7.88. The normalized spacial score (nSPS) is 19.5. The van der Waals surface area contributed by atoms with Gasteiger partial charge in [-0.2, -0.15) is 4.31 Å². The highest BCUT2D eigenvalue weighted by Crippen LogP contribution is 2.22. The first-order valence-corrected chi connectivity index (χ1v) is 11.8. The van der Waals surface area contributed by atoms with Gasteiger partial charge in [-0.25, -0.2) is 13.2 Å². The fraction of sp³-hybridized carbons (Fsp3) is 0.650. The van der Waals surface area contributed by atoms with Crippen LogP contribution in [0.2, 0.25) is 0 Å². The molecule has 2 heterocycles. The van der Waals surface area contributed by atoms with Gasteiger partial charge in [0.1, 0.15) is 0 Å². The van der Waals surface area contributed by atoms with Gasteiger partial charge >= 0.3 is 6.03 Å². The molecule has 1 aromatic carbocycles. The minimum atomic E-state index is -3.54. The summed E-state index contributed by atoms with van der Waals surface area (Å²) in [6, 6.07) is 6.29. The second-order valence-electron chi connectivity index (χ2n) is 7.65. The number of likely N-dealkylation sites (N-methyl/N-ethyl adjacent to an activating group) is 1. The van der Waals surface area contributed by atoms with Crippen LogP contribution >= 0.6 is 0 Å². The monoisotopic (exact) mass is 424 g/mol. The first kappa shape index (κ1) is 22.0. The zero-order valence-corrected chi connectivity index (χ0v) is 18.0. The molecule has 0 atom stereocenters. The summed E-state index contributed by atoms with van der Waals surface area (Å²) in [5.41, 5.74) is 0.490. The molecule has 2 aliphatic heterocycles. The second kappa shape index (κ2) is 10.4. The average molecular weight is 425 g/mol. The Morgan fingerprint density at radius 2 is 1.79 bits per heavy atom. The van der Waals surface area contributed by atoms with Crippen LogP contribution in [0.5, 0.6) is 0 Å². The van der Waals surface area contributed by atoms with Crippen molar-refractivity contribution in [1.82, 2.24) is 14.1 Å². The van der Waals surface area contributed by atoms with Crippen LogP contribution in [-0.2, 0) is 14.8 Å². The van der Waals surface area contributed by atoms with Crippen molar-refractivity contribution in [3.05, 3.63) is 24.3 Å². The van der Waals surface area contributed by atoms with Crippen molar-refractivity contribution in [3.63, 3.8) is 0 Å². The number of nitrogens with zero attached hydrogens (tertiary/aromatic N) is 3. The molecule has 162 valence electrons. The molecule has 2 aliphatic rings. The molecule has 0 aliphatic carbocycles. The Bertz CT molecular complexity index is 772. The summed E-state index contributed by atoms with van der Waals surface area (Å²) in [6.07, 6.45) is 3.92. The Balaban J connectivity index is 1.58. The number of anilines is 1. The van der Waals surface area contributed by atoms with Crippen LogP contribution in [0.4, 0.5) is 10.5 Å². The molecule has 0 spiro atoms. The van der Waals surface area contributed by atoms with E-state index in [1.54, 1.807) is 40.5 Å². The van der Waals surface area contributed by atoms with Crippen LogP contribution in [0, 0.1) is 0 Å². The van der Waals surface area contributed by atoms with Gasteiger partial charge < -0.3 is 15.0 Å². The number of hydrogen-bond acceptors (Lipinski definition) is 5. The van der Waals surface area contributed by atoms with Crippen molar-refractivity contribution in [1.29, 1.82) is 0 Å². The molecule has 1 N–H and O–H groups in total. The lowest BCUT2D eigenvalue weighted by Crippen LogP contribution is -2.42. The zero-order valence-electron chi connectivity index (χ0n) is 17.2. The molecule has 0 unspecified atom stereocenters. The van der Waals surface area contributed by atoms with Gasteiger partial charge in [0.2, 0.25) is 10.0 Å². The highest BCUT2D eigenvalue weighted by Gasteiger charge is 2.25. The van der Waals surface area contributed by atoms with Gasteiger partial charge in [-0.05, 0) is 31.0 Å². The third-order valence-electron chi connectivity index (χ3n) is 5.49. The lowest BCUT2D eigenvalue weighted by atomic mass is 10.2. The Morgan fingerprint density at radius 3 is 2.48 bits per heavy atom. The van der Waals surface area contributed by atoms with Crippen molar-refractivity contribution < 1.29 is 17.9 Å². The first-order chi connectivity index (χ1) is 14.0. The SMILES string of the molecule is CN(CCN1CCOCC1)C(=O)Nc1cccc(S(=O)(=O)N2CCCCCC2)c1. The van der Waals surface area contributed by atoms with Crippen molar-refractivity contribution in [2.24, 2.45) is 0 Å². The number of hydrogen-bond donors (Lipinski definition) is 1. The summed E-state index contributed by atoms with van der Waals surface area (Å²) in [7, 11) is -1.80. The molecule has 0 radical (unpaired) electrons. The Hall–Kier alpha value is -1.68. The summed E-state index contributed by atoms with van der Waals surface area (Å²) in [5.74, 6) is 0. The van der Waals surface area contributed by atoms with E-state index in [4.69, 9.17) is 4.74 Å². The third kappa shape index (κ3) is 6.15. The molecule has 9 heteroatoms. The van der Waals surface area contributed by atoms with Crippen LogP contribution in [0.1, 0.15) is 25.7 Å². The van der Waals surface area contributed by atoms with Gasteiger partial charge in [-0.3, -0.25) is 4.90 Å². The Labute approximate surface area is 173 Å². The molecular weight excluding hydrogens is 392 g/mol. The van der Waals surface area contributed by atoms with Crippen molar-refractivity contribution in [2.75, 3.05) is 64.8 Å². The van der Waals surface area contributed by atoms with Crippen molar-refractivity contribution in [2.45, 2.75) is 30.6 Å². The molecule has 2 saturated heterocycles. The summed E-state index contributed by atoms with van der Waals surface area (Å²) >= 11 is 0. The molecule has 0 bridgehead atoms. The quantitative estimate of drug-likeness (QED) is 0.756. The predicted octanol–water partition coefficient (Wildman–Crippen LogP) is 2.05. The number of rotatable bonds is 6. The van der Waals surface area contributed by atoms with E-state index in [0.29, 0.717) is 25.3 Å². The minimum absolute atomic E-state index is 0.230. The summed E-state index contributed by atoms with van der Waals surface area (Å²) in [4.78, 5) is 16.6. The van der Waals surface area contributed by atoms with Gasteiger partial charge in [0, 0.05) is 52.0 Å². The van der Waals surface area contributed by atoms with Crippen LogP contribution in [0.3, 0.4) is 0 Å². The maximum absolute atomic E-state index is 13.0. The smallest absolute Gasteiger partial charge is 0.321 e. The maximum Gasteiger partial charge on any atom is 0.321 e. The molecular formula is C20H32N4O4S. The largest absolute Gasteiger partial charge is 0.379 e. The van der Waals surface area contributed by atoms with E-state index in [9.17, 15) is 13.2 Å². The highest BCUT2D eigenvalue weighted by atomic mass is 32.2. The van der Waals surface area contributed by atoms with Gasteiger partial charge in [0.05, 0.1) is 18.1 Å². The fourth-order valence-electron chi connectivity index (χ4n) is 3.60. The molecule has 8 nitrogen and oxygen atoms in total. The van der Waals surface area contributed by atoms with E-state index < -0.39 is 10.0 Å². The lowest BCUT2D eigenvalue weighted by Gasteiger charge is -2.28. The fourth-order valence-corrected chi connectivity index (χ4v) is 5.17. The zero-order chi connectivity index (χ0) is 20.7. The average Bonchev–Trinajstić information content (AvgIpc) is 3.03. The van der Waals surface area contributed by atoms with Gasteiger partial charge in [-0.15, -0.1) is 0 Å². The molecule has 2 amide bonds. The highest BCUT2D eigenvalue weighted by molar-refractivity contribution is 7.89. The number of sulfonamides is 1.